The third kappa shape index (κ3) is 3.72. The van der Waals surface area contributed by atoms with E-state index < -0.39 is 0 Å². The fraction of sp³-hybridized carbons (Fsp3) is 0.867. The van der Waals surface area contributed by atoms with Gasteiger partial charge in [-0.2, -0.15) is 4.98 Å². The van der Waals surface area contributed by atoms with Crippen molar-refractivity contribution in [3.8, 4) is 0 Å². The van der Waals surface area contributed by atoms with Crippen molar-refractivity contribution in [2.45, 2.75) is 58.9 Å². The molecule has 2 atom stereocenters. The van der Waals surface area contributed by atoms with E-state index in [-0.39, 0.29) is 0 Å². The third-order valence-electron chi connectivity index (χ3n) is 4.32. The third-order valence-corrected chi connectivity index (χ3v) is 4.32. The molecule has 1 aliphatic carbocycles. The van der Waals surface area contributed by atoms with Crippen molar-refractivity contribution in [1.29, 1.82) is 0 Å². The topological polar surface area (TPSA) is 54.2 Å². The summed E-state index contributed by atoms with van der Waals surface area (Å²) in [5, 5.41) is 7.72. The molecule has 2 unspecified atom stereocenters. The molecule has 2 rings (SSSR count). The van der Waals surface area contributed by atoms with E-state index in [2.05, 4.69) is 41.1 Å². The van der Waals surface area contributed by atoms with Crippen LogP contribution in [0.3, 0.4) is 0 Å². The molecule has 5 heteroatoms. The fourth-order valence-electron chi connectivity index (χ4n) is 3.17. The highest BCUT2D eigenvalue weighted by molar-refractivity contribution is 5.26. The van der Waals surface area contributed by atoms with Crippen molar-refractivity contribution >= 4 is 5.95 Å². The van der Waals surface area contributed by atoms with E-state index in [1.165, 1.54) is 25.7 Å². The van der Waals surface area contributed by atoms with Crippen LogP contribution in [0.1, 0.15) is 52.3 Å². The molecular weight excluding hydrogens is 252 g/mol. The first kappa shape index (κ1) is 15.3. The predicted octanol–water partition coefficient (Wildman–Crippen LogP) is 2.63. The lowest BCUT2D eigenvalue weighted by Gasteiger charge is -2.31. The number of nitrogens with one attached hydrogen (secondary N) is 1. The van der Waals surface area contributed by atoms with Gasteiger partial charge in [-0.1, -0.05) is 19.8 Å². The van der Waals surface area contributed by atoms with Crippen LogP contribution < -0.4 is 10.2 Å². The molecular formula is C15H28N4O. The van der Waals surface area contributed by atoms with E-state index in [9.17, 15) is 0 Å². The largest absolute Gasteiger partial charge is 0.339 e. The van der Waals surface area contributed by atoms with Gasteiger partial charge in [0.05, 0.1) is 0 Å². The lowest BCUT2D eigenvalue weighted by molar-refractivity contribution is 0.242. The lowest BCUT2D eigenvalue weighted by atomic mass is 9.82. The number of aromatic nitrogens is 2. The Morgan fingerprint density at radius 1 is 1.20 bits per heavy atom. The maximum atomic E-state index is 5.45. The summed E-state index contributed by atoms with van der Waals surface area (Å²) in [6.07, 6.45) is 6.11. The zero-order chi connectivity index (χ0) is 14.4. The van der Waals surface area contributed by atoms with Gasteiger partial charge >= 0.3 is 0 Å². The Balaban J connectivity index is 1.97. The van der Waals surface area contributed by atoms with Crippen LogP contribution in [0.15, 0.2) is 4.52 Å². The van der Waals surface area contributed by atoms with Gasteiger partial charge in [-0.3, -0.25) is 0 Å². The molecule has 0 aliphatic heterocycles. The van der Waals surface area contributed by atoms with E-state index in [4.69, 9.17) is 4.52 Å². The Kier molecular flexibility index (Phi) is 5.83. The summed E-state index contributed by atoms with van der Waals surface area (Å²) in [5.41, 5.74) is 0. The standard InChI is InChI=1S/C15H28N4O/c1-4-16-13-10-8-7-9-12(13)11-14-17-15(18-20-14)19(5-2)6-3/h12-13,16H,4-11H2,1-3H3. The molecule has 0 spiro atoms. The molecule has 0 bridgehead atoms. The first-order valence-corrected chi connectivity index (χ1v) is 8.09. The summed E-state index contributed by atoms with van der Waals surface area (Å²) < 4.78 is 5.45. The van der Waals surface area contributed by atoms with Crippen molar-refractivity contribution in [2.24, 2.45) is 5.92 Å². The molecule has 1 fully saturated rings. The number of rotatable bonds is 7. The lowest BCUT2D eigenvalue weighted by Crippen LogP contribution is -2.39. The molecule has 1 aromatic heterocycles. The maximum absolute atomic E-state index is 5.45. The van der Waals surface area contributed by atoms with Gasteiger partial charge in [0.2, 0.25) is 5.89 Å². The quantitative estimate of drug-likeness (QED) is 0.832. The van der Waals surface area contributed by atoms with Crippen molar-refractivity contribution in [1.82, 2.24) is 15.5 Å². The average Bonchev–Trinajstić information content (AvgIpc) is 2.91. The van der Waals surface area contributed by atoms with Gasteiger partial charge in [0.1, 0.15) is 0 Å². The highest BCUT2D eigenvalue weighted by Gasteiger charge is 2.26. The summed E-state index contributed by atoms with van der Waals surface area (Å²) in [7, 11) is 0. The highest BCUT2D eigenvalue weighted by Crippen LogP contribution is 2.27. The molecule has 1 aliphatic rings. The van der Waals surface area contributed by atoms with Crippen LogP contribution in [0, 0.1) is 5.92 Å². The summed E-state index contributed by atoms with van der Waals surface area (Å²) >= 11 is 0. The second kappa shape index (κ2) is 7.62. The van der Waals surface area contributed by atoms with E-state index in [1.54, 1.807) is 0 Å². The van der Waals surface area contributed by atoms with Gasteiger partial charge in [0.15, 0.2) is 0 Å². The minimum atomic E-state index is 0.609. The van der Waals surface area contributed by atoms with E-state index in [0.29, 0.717) is 12.0 Å². The van der Waals surface area contributed by atoms with Crippen LogP contribution in [0.25, 0.3) is 0 Å². The smallest absolute Gasteiger partial charge is 0.266 e. The average molecular weight is 280 g/mol. The zero-order valence-corrected chi connectivity index (χ0v) is 13.1. The Morgan fingerprint density at radius 2 is 1.95 bits per heavy atom. The minimum Gasteiger partial charge on any atom is -0.339 e. The van der Waals surface area contributed by atoms with Gasteiger partial charge in [0, 0.05) is 25.6 Å². The van der Waals surface area contributed by atoms with Gasteiger partial charge in [0.25, 0.3) is 5.95 Å². The summed E-state index contributed by atoms with van der Waals surface area (Å²) in [5.74, 6) is 2.16. The molecule has 1 heterocycles. The first-order valence-electron chi connectivity index (χ1n) is 8.09. The second-order valence-corrected chi connectivity index (χ2v) is 5.57. The molecule has 1 saturated carbocycles. The summed E-state index contributed by atoms with van der Waals surface area (Å²) in [6.45, 7) is 9.27. The van der Waals surface area contributed by atoms with Crippen molar-refractivity contribution in [3.63, 3.8) is 0 Å². The molecule has 20 heavy (non-hydrogen) atoms. The van der Waals surface area contributed by atoms with Crippen LogP contribution in [-0.4, -0.2) is 35.8 Å². The molecule has 0 saturated heterocycles. The Morgan fingerprint density at radius 3 is 2.65 bits per heavy atom. The SMILES string of the molecule is CCNC1CCCCC1Cc1nc(N(CC)CC)no1. The molecule has 0 amide bonds. The number of hydrogen-bond acceptors (Lipinski definition) is 5. The summed E-state index contributed by atoms with van der Waals surface area (Å²) in [6, 6.07) is 0.609. The van der Waals surface area contributed by atoms with E-state index in [0.717, 1.165) is 37.9 Å². The Hall–Kier alpha value is -1.10. The van der Waals surface area contributed by atoms with Crippen molar-refractivity contribution in [2.75, 3.05) is 24.5 Å². The number of hydrogen-bond donors (Lipinski definition) is 1. The number of anilines is 1. The van der Waals surface area contributed by atoms with Gasteiger partial charge in [-0.15, -0.1) is 0 Å². The van der Waals surface area contributed by atoms with Gasteiger partial charge in [-0.05, 0) is 44.3 Å². The second-order valence-electron chi connectivity index (χ2n) is 5.57. The first-order chi connectivity index (χ1) is 9.78. The van der Waals surface area contributed by atoms with Crippen LogP contribution in [0.2, 0.25) is 0 Å². The van der Waals surface area contributed by atoms with Crippen LogP contribution in [0.4, 0.5) is 5.95 Å². The number of nitrogens with zero attached hydrogens (tertiary/aromatic N) is 3. The van der Waals surface area contributed by atoms with Crippen molar-refractivity contribution in [3.05, 3.63) is 5.89 Å². The van der Waals surface area contributed by atoms with Crippen LogP contribution in [-0.2, 0) is 6.42 Å². The van der Waals surface area contributed by atoms with Gasteiger partial charge < -0.3 is 14.7 Å². The zero-order valence-electron chi connectivity index (χ0n) is 13.1. The Bertz CT molecular complexity index is 387. The maximum Gasteiger partial charge on any atom is 0.266 e. The van der Waals surface area contributed by atoms with Gasteiger partial charge in [-0.25, -0.2) is 0 Å². The normalized spacial score (nSPS) is 22.9. The predicted molar refractivity (Wildman–Crippen MR) is 81.0 cm³/mol. The molecule has 1 aromatic rings. The Labute approximate surface area is 122 Å². The van der Waals surface area contributed by atoms with Crippen LogP contribution >= 0.6 is 0 Å². The monoisotopic (exact) mass is 280 g/mol. The van der Waals surface area contributed by atoms with E-state index in [1.807, 2.05) is 0 Å². The fourth-order valence-corrected chi connectivity index (χ4v) is 3.17. The molecule has 5 nitrogen and oxygen atoms in total. The van der Waals surface area contributed by atoms with E-state index >= 15 is 0 Å². The summed E-state index contributed by atoms with van der Waals surface area (Å²) in [4.78, 5) is 6.68. The molecule has 1 N–H and O–H groups in total. The van der Waals surface area contributed by atoms with Crippen LogP contribution in [0.5, 0.6) is 0 Å². The minimum absolute atomic E-state index is 0.609. The molecule has 0 aromatic carbocycles. The molecule has 0 radical (unpaired) electrons. The van der Waals surface area contributed by atoms with Crippen molar-refractivity contribution < 1.29 is 4.52 Å². The molecule has 114 valence electrons. The highest BCUT2D eigenvalue weighted by atomic mass is 16.5.